The van der Waals surface area contributed by atoms with Crippen molar-refractivity contribution in [2.45, 2.75) is 39.0 Å². The number of hydrogen-bond acceptors (Lipinski definition) is 3. The SMILES string of the molecule is CC(C)c1ccc2ccc(CC(C)c3ncc4ccccc4n3)cc2n1. The third kappa shape index (κ3) is 3.30. The number of aromatic nitrogens is 3. The molecule has 2 aromatic heterocycles. The van der Waals surface area contributed by atoms with Gasteiger partial charge in [0.15, 0.2) is 0 Å². The summed E-state index contributed by atoms with van der Waals surface area (Å²) in [7, 11) is 0. The number of fused-ring (bicyclic) bond motifs is 2. The molecule has 3 nitrogen and oxygen atoms in total. The summed E-state index contributed by atoms with van der Waals surface area (Å²) in [5.41, 5.74) is 4.49. The molecular weight excluding hydrogens is 318 g/mol. The summed E-state index contributed by atoms with van der Waals surface area (Å²) in [4.78, 5) is 14.1. The lowest BCUT2D eigenvalue weighted by molar-refractivity contribution is 0.703. The Hall–Kier alpha value is -2.81. The molecule has 1 atom stereocenters. The maximum absolute atomic E-state index is 4.83. The van der Waals surface area contributed by atoms with Gasteiger partial charge in [-0.15, -0.1) is 0 Å². The van der Waals surface area contributed by atoms with E-state index in [2.05, 4.69) is 56.1 Å². The Bertz CT molecular complexity index is 1070. The molecule has 0 fully saturated rings. The first-order valence-electron chi connectivity index (χ1n) is 9.21. The topological polar surface area (TPSA) is 38.7 Å². The highest BCUT2D eigenvalue weighted by atomic mass is 14.9. The zero-order valence-electron chi connectivity index (χ0n) is 15.5. The average molecular weight is 341 g/mol. The molecular formula is C23H23N3. The first-order valence-corrected chi connectivity index (χ1v) is 9.21. The molecule has 0 saturated heterocycles. The molecule has 0 N–H and O–H groups in total. The van der Waals surface area contributed by atoms with E-state index in [-0.39, 0.29) is 5.92 Å². The summed E-state index contributed by atoms with van der Waals surface area (Å²) in [5.74, 6) is 1.59. The largest absolute Gasteiger partial charge is 0.253 e. The first-order chi connectivity index (χ1) is 12.6. The highest BCUT2D eigenvalue weighted by Gasteiger charge is 2.12. The van der Waals surface area contributed by atoms with E-state index in [1.165, 1.54) is 10.9 Å². The number of pyridine rings is 1. The highest BCUT2D eigenvalue weighted by Crippen LogP contribution is 2.23. The summed E-state index contributed by atoms with van der Waals surface area (Å²) < 4.78 is 0. The smallest absolute Gasteiger partial charge is 0.132 e. The van der Waals surface area contributed by atoms with Gasteiger partial charge in [0.1, 0.15) is 5.82 Å². The summed E-state index contributed by atoms with van der Waals surface area (Å²) in [6.45, 7) is 6.54. The molecule has 3 heteroatoms. The molecule has 0 spiro atoms. The van der Waals surface area contributed by atoms with E-state index in [4.69, 9.17) is 9.97 Å². The van der Waals surface area contributed by atoms with E-state index in [1.807, 2.05) is 30.5 Å². The van der Waals surface area contributed by atoms with Gasteiger partial charge in [-0.05, 0) is 36.1 Å². The molecule has 0 aliphatic carbocycles. The molecule has 0 radical (unpaired) electrons. The minimum atomic E-state index is 0.255. The van der Waals surface area contributed by atoms with Gasteiger partial charge in [-0.25, -0.2) is 9.97 Å². The quantitative estimate of drug-likeness (QED) is 0.481. The van der Waals surface area contributed by atoms with E-state index in [0.717, 1.165) is 34.4 Å². The van der Waals surface area contributed by atoms with Gasteiger partial charge < -0.3 is 0 Å². The van der Waals surface area contributed by atoms with Crippen molar-refractivity contribution >= 4 is 21.8 Å². The van der Waals surface area contributed by atoms with Crippen molar-refractivity contribution in [3.8, 4) is 0 Å². The highest BCUT2D eigenvalue weighted by molar-refractivity contribution is 5.79. The molecule has 0 saturated carbocycles. The number of rotatable bonds is 4. The summed E-state index contributed by atoms with van der Waals surface area (Å²) in [6.07, 6.45) is 2.83. The number of benzene rings is 2. The summed E-state index contributed by atoms with van der Waals surface area (Å²) in [5, 5.41) is 2.27. The predicted molar refractivity (Wildman–Crippen MR) is 107 cm³/mol. The molecule has 26 heavy (non-hydrogen) atoms. The van der Waals surface area contributed by atoms with Crippen molar-refractivity contribution < 1.29 is 0 Å². The fourth-order valence-corrected chi connectivity index (χ4v) is 3.30. The van der Waals surface area contributed by atoms with Crippen LogP contribution >= 0.6 is 0 Å². The van der Waals surface area contributed by atoms with Crippen molar-refractivity contribution in [1.29, 1.82) is 0 Å². The molecule has 0 aliphatic heterocycles. The Kier molecular flexibility index (Phi) is 4.37. The van der Waals surface area contributed by atoms with Crippen LogP contribution in [0.2, 0.25) is 0 Å². The van der Waals surface area contributed by atoms with E-state index in [1.54, 1.807) is 0 Å². The van der Waals surface area contributed by atoms with Crippen LogP contribution in [0.1, 0.15) is 49.7 Å². The Labute approximate surface area is 154 Å². The summed E-state index contributed by atoms with van der Waals surface area (Å²) >= 11 is 0. The monoisotopic (exact) mass is 341 g/mol. The van der Waals surface area contributed by atoms with Gasteiger partial charge in [-0.2, -0.15) is 0 Å². The van der Waals surface area contributed by atoms with Crippen molar-refractivity contribution in [2.24, 2.45) is 0 Å². The van der Waals surface area contributed by atoms with E-state index in [0.29, 0.717) is 5.92 Å². The molecule has 4 rings (SSSR count). The Morgan fingerprint density at radius 3 is 2.46 bits per heavy atom. The van der Waals surface area contributed by atoms with Gasteiger partial charge in [0.2, 0.25) is 0 Å². The van der Waals surface area contributed by atoms with Gasteiger partial charge >= 0.3 is 0 Å². The van der Waals surface area contributed by atoms with Crippen molar-refractivity contribution in [3.63, 3.8) is 0 Å². The lowest BCUT2D eigenvalue weighted by atomic mass is 9.98. The zero-order valence-corrected chi connectivity index (χ0v) is 15.5. The second kappa shape index (κ2) is 6.83. The van der Waals surface area contributed by atoms with Crippen LogP contribution in [0.5, 0.6) is 0 Å². The first kappa shape index (κ1) is 16.6. The maximum atomic E-state index is 4.83. The number of nitrogens with zero attached hydrogens (tertiary/aromatic N) is 3. The lowest BCUT2D eigenvalue weighted by Gasteiger charge is -2.12. The molecule has 4 aromatic rings. The Morgan fingerprint density at radius 2 is 1.62 bits per heavy atom. The van der Waals surface area contributed by atoms with Gasteiger partial charge in [-0.1, -0.05) is 57.2 Å². The van der Waals surface area contributed by atoms with Crippen LogP contribution in [0.15, 0.2) is 60.8 Å². The predicted octanol–water partition coefficient (Wildman–Crippen LogP) is 5.65. The number of para-hydroxylation sites is 1. The summed E-state index contributed by atoms with van der Waals surface area (Å²) in [6, 6.07) is 19.0. The second-order valence-corrected chi connectivity index (χ2v) is 7.31. The molecule has 2 heterocycles. The van der Waals surface area contributed by atoms with Gasteiger partial charge in [0.25, 0.3) is 0 Å². The molecule has 0 bridgehead atoms. The average Bonchev–Trinajstić information content (AvgIpc) is 2.67. The third-order valence-electron chi connectivity index (χ3n) is 4.86. The van der Waals surface area contributed by atoms with E-state index in [9.17, 15) is 0 Å². The Morgan fingerprint density at radius 1 is 0.808 bits per heavy atom. The molecule has 2 aromatic carbocycles. The minimum Gasteiger partial charge on any atom is -0.253 e. The molecule has 0 amide bonds. The zero-order chi connectivity index (χ0) is 18.1. The van der Waals surface area contributed by atoms with Crippen molar-refractivity contribution in [1.82, 2.24) is 15.0 Å². The van der Waals surface area contributed by atoms with Crippen molar-refractivity contribution in [3.05, 3.63) is 77.9 Å². The van der Waals surface area contributed by atoms with Crippen LogP contribution in [-0.2, 0) is 6.42 Å². The van der Waals surface area contributed by atoms with E-state index < -0.39 is 0 Å². The molecule has 0 aliphatic rings. The fraction of sp³-hybridized carbons (Fsp3) is 0.261. The normalized spacial score (nSPS) is 12.8. The van der Waals surface area contributed by atoms with Crippen LogP contribution in [0.3, 0.4) is 0 Å². The van der Waals surface area contributed by atoms with Crippen molar-refractivity contribution in [2.75, 3.05) is 0 Å². The second-order valence-electron chi connectivity index (χ2n) is 7.31. The molecule has 1 unspecified atom stereocenters. The van der Waals surface area contributed by atoms with Crippen LogP contribution in [0.25, 0.3) is 21.8 Å². The Balaban J connectivity index is 1.62. The van der Waals surface area contributed by atoms with Crippen LogP contribution in [0.4, 0.5) is 0 Å². The fourth-order valence-electron chi connectivity index (χ4n) is 3.30. The third-order valence-corrected chi connectivity index (χ3v) is 4.86. The van der Waals surface area contributed by atoms with Gasteiger partial charge in [-0.3, -0.25) is 4.98 Å². The van der Waals surface area contributed by atoms with Crippen LogP contribution in [0, 0.1) is 0 Å². The molecule has 130 valence electrons. The number of hydrogen-bond donors (Lipinski definition) is 0. The maximum Gasteiger partial charge on any atom is 0.132 e. The van der Waals surface area contributed by atoms with Crippen LogP contribution in [-0.4, -0.2) is 15.0 Å². The van der Waals surface area contributed by atoms with E-state index >= 15 is 0 Å². The van der Waals surface area contributed by atoms with Gasteiger partial charge in [0.05, 0.1) is 11.0 Å². The standard InChI is InChI=1S/C23H23N3/c1-15(2)20-11-10-18-9-8-17(13-22(18)25-20)12-16(3)23-24-14-19-6-4-5-7-21(19)26-23/h4-11,13-16H,12H2,1-3H3. The minimum absolute atomic E-state index is 0.255. The lowest BCUT2D eigenvalue weighted by Crippen LogP contribution is -2.04. The van der Waals surface area contributed by atoms with Crippen LogP contribution < -0.4 is 0 Å². The van der Waals surface area contributed by atoms with Gasteiger partial charge in [0, 0.05) is 28.6 Å².